The van der Waals surface area contributed by atoms with Crippen LogP contribution in [0.5, 0.6) is 0 Å². The highest BCUT2D eigenvalue weighted by Gasteiger charge is 2.30. The van der Waals surface area contributed by atoms with Gasteiger partial charge in [-0.25, -0.2) is 4.98 Å². The molecule has 0 saturated carbocycles. The van der Waals surface area contributed by atoms with E-state index >= 15 is 0 Å². The first-order valence-electron chi connectivity index (χ1n) is 7.21. The fraction of sp³-hybridized carbons (Fsp3) is 0.118. The van der Waals surface area contributed by atoms with Gasteiger partial charge in [-0.15, -0.1) is 0 Å². The van der Waals surface area contributed by atoms with E-state index < -0.39 is 11.7 Å². The molecule has 25 heavy (non-hydrogen) atoms. The first-order valence-corrected chi connectivity index (χ1v) is 8.02. The van der Waals surface area contributed by atoms with Crippen LogP contribution in [-0.4, -0.2) is 15.8 Å². The molecule has 3 aromatic rings. The molecule has 1 aromatic carbocycles. The Bertz CT molecular complexity index is 921. The average molecular weight is 363 g/mol. The van der Waals surface area contributed by atoms with Crippen LogP contribution in [0.4, 0.5) is 24.0 Å². The van der Waals surface area contributed by atoms with E-state index in [1.54, 1.807) is 19.1 Å². The quantitative estimate of drug-likeness (QED) is 0.674. The molecule has 0 spiro atoms. The third-order valence-electron chi connectivity index (χ3n) is 3.40. The highest BCUT2D eigenvalue weighted by Crippen LogP contribution is 2.32. The molecule has 0 fully saturated rings. The third-order valence-corrected chi connectivity index (χ3v) is 4.31. The molecule has 8 heteroatoms. The maximum absolute atomic E-state index is 12.7. The smallest absolute Gasteiger partial charge is 0.332 e. The number of anilines is 2. The van der Waals surface area contributed by atoms with Crippen molar-refractivity contribution < 1.29 is 18.0 Å². The molecule has 0 saturated heterocycles. The lowest BCUT2D eigenvalue weighted by molar-refractivity contribution is -0.137. The van der Waals surface area contributed by atoms with E-state index in [0.29, 0.717) is 15.7 Å². The number of halogens is 3. The highest BCUT2D eigenvalue weighted by atomic mass is 32.1. The zero-order valence-corrected chi connectivity index (χ0v) is 13.8. The van der Waals surface area contributed by atoms with Crippen molar-refractivity contribution in [1.29, 1.82) is 0 Å². The molecule has 0 atom stereocenters. The van der Waals surface area contributed by atoms with Crippen molar-refractivity contribution in [2.45, 2.75) is 13.1 Å². The van der Waals surface area contributed by atoms with Crippen LogP contribution in [0, 0.1) is 6.92 Å². The minimum Gasteiger partial charge on any atom is -0.332 e. The number of alkyl halides is 3. The Morgan fingerprint density at radius 2 is 1.96 bits per heavy atom. The van der Waals surface area contributed by atoms with Gasteiger partial charge in [0.2, 0.25) is 5.78 Å². The van der Waals surface area contributed by atoms with Crippen LogP contribution in [-0.2, 0) is 6.18 Å². The van der Waals surface area contributed by atoms with E-state index in [0.717, 1.165) is 29.0 Å². The van der Waals surface area contributed by atoms with Gasteiger partial charge in [0.05, 0.1) is 16.6 Å². The summed E-state index contributed by atoms with van der Waals surface area (Å²) in [7, 11) is 0. The van der Waals surface area contributed by atoms with Gasteiger partial charge in [-0.2, -0.15) is 13.2 Å². The van der Waals surface area contributed by atoms with Gasteiger partial charge in [0.15, 0.2) is 5.13 Å². The fourth-order valence-corrected chi connectivity index (χ4v) is 2.95. The predicted octanol–water partition coefficient (Wildman–Crippen LogP) is 4.84. The maximum atomic E-state index is 12.7. The largest absolute Gasteiger partial charge is 0.416 e. The number of hydrogen-bond donors (Lipinski definition) is 1. The summed E-state index contributed by atoms with van der Waals surface area (Å²) in [5, 5.41) is 3.12. The molecule has 0 radical (unpaired) electrons. The van der Waals surface area contributed by atoms with Gasteiger partial charge in [0.1, 0.15) is 5.69 Å². The normalized spacial score (nSPS) is 11.4. The number of pyridine rings is 1. The number of aromatic nitrogens is 2. The van der Waals surface area contributed by atoms with Crippen molar-refractivity contribution >= 4 is 27.9 Å². The second kappa shape index (κ2) is 6.64. The third kappa shape index (κ3) is 3.85. The highest BCUT2D eigenvalue weighted by molar-refractivity contribution is 7.17. The standard InChI is InChI=1S/C17H12F3N3OS/c1-10-4-3-7-21-14(10)15(24)13-9-22-16(25-13)23-12-6-2-5-11(8-12)17(18,19)20/h2-9H,1H3,(H,22,23). The first kappa shape index (κ1) is 17.1. The summed E-state index contributed by atoms with van der Waals surface area (Å²) < 4.78 is 38.2. The lowest BCUT2D eigenvalue weighted by Gasteiger charge is -2.08. The number of ketones is 1. The molecule has 0 aliphatic rings. The second-order valence-corrected chi connectivity index (χ2v) is 6.26. The van der Waals surface area contributed by atoms with Crippen molar-refractivity contribution in [3.8, 4) is 0 Å². The summed E-state index contributed by atoms with van der Waals surface area (Å²) in [4.78, 5) is 20.9. The van der Waals surface area contributed by atoms with Crippen LogP contribution >= 0.6 is 11.3 Å². The van der Waals surface area contributed by atoms with E-state index in [-0.39, 0.29) is 11.5 Å². The van der Waals surface area contributed by atoms with E-state index in [1.807, 2.05) is 0 Å². The number of carbonyl (C=O) groups is 1. The summed E-state index contributed by atoms with van der Waals surface area (Å²) in [5.41, 5.74) is 0.566. The zero-order valence-electron chi connectivity index (χ0n) is 13.0. The number of nitrogens with one attached hydrogen (secondary N) is 1. The van der Waals surface area contributed by atoms with E-state index in [2.05, 4.69) is 15.3 Å². The van der Waals surface area contributed by atoms with Crippen LogP contribution in [0.2, 0.25) is 0 Å². The van der Waals surface area contributed by atoms with Crippen LogP contribution in [0.3, 0.4) is 0 Å². The molecule has 2 aromatic heterocycles. The number of rotatable bonds is 4. The van der Waals surface area contributed by atoms with Crippen LogP contribution in [0.1, 0.15) is 26.5 Å². The molecule has 3 rings (SSSR count). The lowest BCUT2D eigenvalue weighted by Crippen LogP contribution is -2.05. The predicted molar refractivity (Wildman–Crippen MR) is 89.2 cm³/mol. The Morgan fingerprint density at radius 1 is 1.16 bits per heavy atom. The molecule has 128 valence electrons. The summed E-state index contributed by atoms with van der Waals surface area (Å²) in [6, 6.07) is 8.31. The molecule has 0 aliphatic heterocycles. The Labute approximate surface area is 145 Å². The summed E-state index contributed by atoms with van der Waals surface area (Å²) >= 11 is 1.06. The van der Waals surface area contributed by atoms with E-state index in [9.17, 15) is 18.0 Å². The monoisotopic (exact) mass is 363 g/mol. The topological polar surface area (TPSA) is 54.9 Å². The molecular weight excluding hydrogens is 351 g/mol. The zero-order chi connectivity index (χ0) is 18.0. The molecule has 0 bridgehead atoms. The first-order chi connectivity index (χ1) is 11.8. The number of benzene rings is 1. The fourth-order valence-electron chi connectivity index (χ4n) is 2.17. The Balaban J connectivity index is 1.81. The summed E-state index contributed by atoms with van der Waals surface area (Å²) in [6.45, 7) is 1.78. The van der Waals surface area contributed by atoms with Gasteiger partial charge >= 0.3 is 6.18 Å². The minimum absolute atomic E-state index is 0.247. The maximum Gasteiger partial charge on any atom is 0.416 e. The Kier molecular flexibility index (Phi) is 4.54. The lowest BCUT2D eigenvalue weighted by atomic mass is 10.1. The summed E-state index contributed by atoms with van der Waals surface area (Å²) in [5.74, 6) is -0.271. The van der Waals surface area contributed by atoms with Gasteiger partial charge in [0, 0.05) is 11.9 Å². The van der Waals surface area contributed by atoms with Crippen molar-refractivity contribution in [2.75, 3.05) is 5.32 Å². The number of nitrogens with zero attached hydrogens (tertiary/aromatic N) is 2. The average Bonchev–Trinajstić information content (AvgIpc) is 3.03. The van der Waals surface area contributed by atoms with Crippen LogP contribution < -0.4 is 5.32 Å². The van der Waals surface area contributed by atoms with Gasteiger partial charge < -0.3 is 5.32 Å². The number of thiazole rings is 1. The number of aryl methyl sites for hydroxylation is 1. The number of carbonyl (C=O) groups excluding carboxylic acids is 1. The van der Waals surface area contributed by atoms with Crippen molar-refractivity contribution in [1.82, 2.24) is 9.97 Å². The van der Waals surface area contributed by atoms with Crippen molar-refractivity contribution in [3.63, 3.8) is 0 Å². The van der Waals surface area contributed by atoms with Gasteiger partial charge in [-0.05, 0) is 36.8 Å². The Hall–Kier alpha value is -2.74. The Morgan fingerprint density at radius 3 is 2.68 bits per heavy atom. The van der Waals surface area contributed by atoms with Gasteiger partial charge in [-0.3, -0.25) is 9.78 Å². The molecule has 0 aliphatic carbocycles. The van der Waals surface area contributed by atoms with Crippen molar-refractivity contribution in [2.24, 2.45) is 0 Å². The second-order valence-electron chi connectivity index (χ2n) is 5.23. The van der Waals surface area contributed by atoms with Gasteiger partial charge in [-0.1, -0.05) is 23.5 Å². The molecular formula is C17H12F3N3OS. The number of hydrogen-bond acceptors (Lipinski definition) is 5. The SMILES string of the molecule is Cc1cccnc1C(=O)c1cnc(Nc2cccc(C(F)(F)F)c2)s1. The summed E-state index contributed by atoms with van der Waals surface area (Å²) in [6.07, 6.45) is -1.50. The molecule has 0 unspecified atom stereocenters. The van der Waals surface area contributed by atoms with Crippen molar-refractivity contribution in [3.05, 3.63) is 70.5 Å². The van der Waals surface area contributed by atoms with Gasteiger partial charge in [0.25, 0.3) is 0 Å². The molecule has 2 heterocycles. The van der Waals surface area contributed by atoms with E-state index in [4.69, 9.17) is 0 Å². The van der Waals surface area contributed by atoms with E-state index in [1.165, 1.54) is 24.5 Å². The minimum atomic E-state index is -4.42. The van der Waals surface area contributed by atoms with Crippen LogP contribution in [0.25, 0.3) is 0 Å². The molecule has 1 N–H and O–H groups in total. The molecule has 0 amide bonds. The van der Waals surface area contributed by atoms with Crippen LogP contribution in [0.15, 0.2) is 48.8 Å². The molecule has 4 nitrogen and oxygen atoms in total.